The first-order chi connectivity index (χ1) is 13.1. The number of guanidine groups is 1. The van der Waals surface area contributed by atoms with Crippen LogP contribution in [0.25, 0.3) is 0 Å². The van der Waals surface area contributed by atoms with E-state index in [4.69, 9.17) is 4.74 Å². The molecule has 2 unspecified atom stereocenters. The van der Waals surface area contributed by atoms with E-state index >= 15 is 0 Å². The van der Waals surface area contributed by atoms with Crippen LogP contribution in [0.15, 0.2) is 64.5 Å². The molecule has 0 amide bonds. The van der Waals surface area contributed by atoms with Crippen LogP contribution in [0.5, 0.6) is 5.75 Å². The summed E-state index contributed by atoms with van der Waals surface area (Å²) in [5, 5.41) is 6.33. The van der Waals surface area contributed by atoms with E-state index in [1.165, 1.54) is 12.1 Å². The molecule has 0 heterocycles. The van der Waals surface area contributed by atoms with E-state index in [1.807, 2.05) is 44.2 Å². The predicted octanol–water partition coefficient (Wildman–Crippen LogP) is 2.96. The zero-order valence-corrected chi connectivity index (χ0v) is 16.5. The minimum atomic E-state index is -1.05. The monoisotopic (exact) mass is 391 g/mol. The molecule has 5 nitrogen and oxygen atoms in total. The van der Waals surface area contributed by atoms with Crippen LogP contribution in [-0.2, 0) is 10.8 Å². The summed E-state index contributed by atoms with van der Waals surface area (Å²) in [6, 6.07) is 15.4. The van der Waals surface area contributed by atoms with Crippen LogP contribution in [0.1, 0.15) is 13.8 Å². The first-order valence-electron chi connectivity index (χ1n) is 8.96. The second-order valence-corrected chi connectivity index (χ2v) is 7.47. The van der Waals surface area contributed by atoms with Gasteiger partial charge in [0.2, 0.25) is 0 Å². The molecular weight excluding hydrogens is 365 g/mol. The molecule has 0 aliphatic carbocycles. The predicted molar refractivity (Wildman–Crippen MR) is 108 cm³/mol. The average Bonchev–Trinajstić information content (AvgIpc) is 2.66. The summed E-state index contributed by atoms with van der Waals surface area (Å²) in [6.45, 7) is 5.52. The van der Waals surface area contributed by atoms with Gasteiger partial charge in [-0.15, -0.1) is 0 Å². The van der Waals surface area contributed by atoms with Crippen molar-refractivity contribution >= 4 is 16.8 Å². The van der Waals surface area contributed by atoms with Crippen LogP contribution in [0.2, 0.25) is 0 Å². The van der Waals surface area contributed by atoms with Crippen molar-refractivity contribution in [3.05, 3.63) is 60.4 Å². The van der Waals surface area contributed by atoms with E-state index < -0.39 is 10.8 Å². The molecule has 0 saturated carbocycles. The zero-order valence-electron chi connectivity index (χ0n) is 15.7. The highest BCUT2D eigenvalue weighted by Crippen LogP contribution is 2.13. The average molecular weight is 392 g/mol. The number of nitrogens with zero attached hydrogens (tertiary/aromatic N) is 1. The molecule has 0 spiro atoms. The summed E-state index contributed by atoms with van der Waals surface area (Å²) >= 11 is 0. The van der Waals surface area contributed by atoms with Crippen molar-refractivity contribution in [2.24, 2.45) is 4.99 Å². The van der Waals surface area contributed by atoms with Gasteiger partial charge in [0.15, 0.2) is 5.96 Å². The van der Waals surface area contributed by atoms with Crippen LogP contribution in [0, 0.1) is 5.82 Å². The number of ether oxygens (including phenoxy) is 1. The van der Waals surface area contributed by atoms with Crippen molar-refractivity contribution in [2.75, 3.05) is 25.4 Å². The molecule has 146 valence electrons. The van der Waals surface area contributed by atoms with Gasteiger partial charge >= 0.3 is 0 Å². The summed E-state index contributed by atoms with van der Waals surface area (Å²) in [5.41, 5.74) is 0. The van der Waals surface area contributed by atoms with Crippen LogP contribution in [0.3, 0.4) is 0 Å². The Hall–Kier alpha value is -2.41. The fourth-order valence-electron chi connectivity index (χ4n) is 2.32. The molecule has 7 heteroatoms. The first-order valence-corrected chi connectivity index (χ1v) is 10.3. The Balaban J connectivity index is 1.81. The molecule has 2 aromatic rings. The lowest BCUT2D eigenvalue weighted by molar-refractivity contribution is 0.229. The Labute approximate surface area is 162 Å². The van der Waals surface area contributed by atoms with Gasteiger partial charge < -0.3 is 15.4 Å². The normalized spacial score (nSPS) is 13.7. The molecular formula is C20H26FN3O2S. The summed E-state index contributed by atoms with van der Waals surface area (Å²) < 4.78 is 31.1. The molecule has 2 N–H and O–H groups in total. The van der Waals surface area contributed by atoms with Crippen LogP contribution in [-0.4, -0.2) is 41.7 Å². The molecule has 0 radical (unpaired) electrons. The van der Waals surface area contributed by atoms with Crippen LogP contribution < -0.4 is 15.4 Å². The molecule has 2 rings (SSSR count). The maximum absolute atomic E-state index is 13.2. The van der Waals surface area contributed by atoms with Crippen molar-refractivity contribution in [1.29, 1.82) is 0 Å². The van der Waals surface area contributed by atoms with E-state index in [0.29, 0.717) is 37.1 Å². The van der Waals surface area contributed by atoms with Crippen molar-refractivity contribution in [2.45, 2.75) is 24.8 Å². The largest absolute Gasteiger partial charge is 0.489 e. The Morgan fingerprint density at radius 1 is 1.19 bits per heavy atom. The smallest absolute Gasteiger partial charge is 0.191 e. The lowest BCUT2D eigenvalue weighted by Gasteiger charge is -2.15. The van der Waals surface area contributed by atoms with E-state index in [2.05, 4.69) is 15.6 Å². The van der Waals surface area contributed by atoms with Crippen molar-refractivity contribution in [1.82, 2.24) is 10.6 Å². The number of benzene rings is 2. The lowest BCUT2D eigenvalue weighted by Crippen LogP contribution is -2.39. The summed E-state index contributed by atoms with van der Waals surface area (Å²) in [6.07, 6.45) is -0.208. The van der Waals surface area contributed by atoms with Crippen molar-refractivity contribution < 1.29 is 13.3 Å². The number of nitrogens with one attached hydrogen (secondary N) is 2. The maximum atomic E-state index is 13.2. The molecule has 27 heavy (non-hydrogen) atoms. The number of halogens is 1. The second kappa shape index (κ2) is 11.3. The third-order valence-electron chi connectivity index (χ3n) is 3.57. The minimum Gasteiger partial charge on any atom is -0.489 e. The second-order valence-electron chi connectivity index (χ2n) is 5.89. The Kier molecular flexibility index (Phi) is 8.77. The van der Waals surface area contributed by atoms with Gasteiger partial charge in [0, 0.05) is 29.8 Å². The van der Waals surface area contributed by atoms with Crippen LogP contribution >= 0.6 is 0 Å². The topological polar surface area (TPSA) is 62.7 Å². The molecule has 0 aliphatic rings. The van der Waals surface area contributed by atoms with Gasteiger partial charge in [-0.05, 0) is 38.1 Å². The van der Waals surface area contributed by atoms with Gasteiger partial charge in [-0.1, -0.05) is 24.3 Å². The summed E-state index contributed by atoms with van der Waals surface area (Å²) in [4.78, 5) is 5.30. The molecule has 0 saturated heterocycles. The molecule has 0 bridgehead atoms. The van der Waals surface area contributed by atoms with Crippen molar-refractivity contribution in [3.8, 4) is 5.75 Å². The number of hydrogen-bond donors (Lipinski definition) is 2. The highest BCUT2D eigenvalue weighted by atomic mass is 32.2. The fraction of sp³-hybridized carbons (Fsp3) is 0.350. The quantitative estimate of drug-likeness (QED) is 0.510. The number of aliphatic imine (C=N–C) groups is 1. The summed E-state index contributed by atoms with van der Waals surface area (Å²) in [5.74, 6) is 1.28. The third kappa shape index (κ3) is 7.78. The van der Waals surface area contributed by atoms with Gasteiger partial charge in [0.25, 0.3) is 0 Å². The lowest BCUT2D eigenvalue weighted by atomic mass is 10.3. The highest BCUT2D eigenvalue weighted by Gasteiger charge is 2.07. The van der Waals surface area contributed by atoms with E-state index in [1.54, 1.807) is 12.1 Å². The molecule has 2 aromatic carbocycles. The highest BCUT2D eigenvalue weighted by molar-refractivity contribution is 7.85. The van der Waals surface area contributed by atoms with Gasteiger partial charge in [0.05, 0.1) is 17.3 Å². The molecule has 2 atom stereocenters. The molecule has 0 aliphatic heterocycles. The Bertz CT molecular complexity index is 756. The van der Waals surface area contributed by atoms with Gasteiger partial charge in [-0.25, -0.2) is 9.38 Å². The SMILES string of the molecule is CCNC(=NCC(C)Oc1cccc(F)c1)NCCS(=O)c1ccccc1. The zero-order chi connectivity index (χ0) is 19.5. The minimum absolute atomic E-state index is 0.208. The third-order valence-corrected chi connectivity index (χ3v) is 4.94. The fourth-order valence-corrected chi connectivity index (χ4v) is 3.31. The van der Waals surface area contributed by atoms with E-state index in [9.17, 15) is 8.60 Å². The number of hydrogen-bond acceptors (Lipinski definition) is 3. The van der Waals surface area contributed by atoms with Gasteiger partial charge in [-0.2, -0.15) is 0 Å². The van der Waals surface area contributed by atoms with Crippen molar-refractivity contribution in [3.63, 3.8) is 0 Å². The van der Waals surface area contributed by atoms with E-state index in [-0.39, 0.29) is 11.9 Å². The standard InChI is InChI=1S/C20H26FN3O2S/c1-3-22-20(23-12-13-27(25)19-10-5-4-6-11-19)24-15-16(2)26-18-9-7-8-17(21)14-18/h4-11,14,16H,3,12-13,15H2,1-2H3,(H2,22,23,24). The first kappa shape index (κ1) is 20.9. The number of rotatable bonds is 9. The maximum Gasteiger partial charge on any atom is 0.191 e. The van der Waals surface area contributed by atoms with Crippen LogP contribution in [0.4, 0.5) is 4.39 Å². The molecule has 0 aromatic heterocycles. The van der Waals surface area contributed by atoms with Gasteiger partial charge in [0.1, 0.15) is 17.7 Å². The molecule has 0 fully saturated rings. The van der Waals surface area contributed by atoms with Gasteiger partial charge in [-0.3, -0.25) is 4.21 Å². The summed E-state index contributed by atoms with van der Waals surface area (Å²) in [7, 11) is -1.05. The Morgan fingerprint density at radius 2 is 1.96 bits per heavy atom. The Morgan fingerprint density at radius 3 is 2.67 bits per heavy atom. The van der Waals surface area contributed by atoms with E-state index in [0.717, 1.165) is 4.90 Å².